The van der Waals surface area contributed by atoms with Gasteiger partial charge >= 0.3 is 0 Å². The molecule has 0 aliphatic heterocycles. The Morgan fingerprint density at radius 3 is 2.39 bits per heavy atom. The second kappa shape index (κ2) is 10.6. The van der Waals surface area contributed by atoms with Crippen molar-refractivity contribution in [3.05, 3.63) is 59.5 Å². The van der Waals surface area contributed by atoms with E-state index in [4.69, 9.17) is 0 Å². The summed E-state index contributed by atoms with van der Waals surface area (Å²) in [7, 11) is 0. The third-order valence-electron chi connectivity index (χ3n) is 7.08. The van der Waals surface area contributed by atoms with Crippen LogP contribution in [0.3, 0.4) is 0 Å². The highest BCUT2D eigenvalue weighted by Gasteiger charge is 2.36. The molecule has 0 radical (unpaired) electrons. The number of thiazole rings is 1. The van der Waals surface area contributed by atoms with Gasteiger partial charge in [0.2, 0.25) is 5.91 Å². The zero-order valence-electron chi connectivity index (χ0n) is 21.1. The second-order valence-corrected chi connectivity index (χ2v) is 11.1. The van der Waals surface area contributed by atoms with Gasteiger partial charge in [-0.2, -0.15) is 0 Å². The van der Waals surface area contributed by atoms with E-state index >= 15 is 0 Å². The van der Waals surface area contributed by atoms with Crippen molar-refractivity contribution in [2.75, 3.05) is 18.0 Å². The number of rotatable bonds is 11. The first kappa shape index (κ1) is 24.6. The molecule has 198 valence electrons. The molecule has 3 heterocycles. The first-order valence-corrected chi connectivity index (χ1v) is 14.2. The van der Waals surface area contributed by atoms with Crippen LogP contribution in [-0.4, -0.2) is 62.3 Å². The molecule has 0 aromatic carbocycles. The highest BCUT2D eigenvalue weighted by molar-refractivity contribution is 7.14. The molecule has 3 aromatic heterocycles. The van der Waals surface area contributed by atoms with Crippen LogP contribution in [-0.2, 0) is 4.79 Å². The van der Waals surface area contributed by atoms with Crippen LogP contribution in [0.2, 0.25) is 0 Å². The minimum Gasteiger partial charge on any atom is -0.345 e. The van der Waals surface area contributed by atoms with Crippen molar-refractivity contribution in [2.45, 2.75) is 57.0 Å². The maximum atomic E-state index is 13.2. The Morgan fingerprint density at radius 1 is 0.921 bits per heavy atom. The van der Waals surface area contributed by atoms with Crippen molar-refractivity contribution in [3.63, 3.8) is 0 Å². The van der Waals surface area contributed by atoms with Crippen molar-refractivity contribution in [3.8, 4) is 5.82 Å². The molecule has 10 nitrogen and oxygen atoms in total. The van der Waals surface area contributed by atoms with E-state index in [0.717, 1.165) is 30.4 Å². The first-order valence-electron chi connectivity index (χ1n) is 13.3. The summed E-state index contributed by atoms with van der Waals surface area (Å²) in [6, 6.07) is 9.80. The fraction of sp³-hybridized carbons (Fsp3) is 0.444. The molecule has 6 rings (SSSR count). The fourth-order valence-corrected chi connectivity index (χ4v) is 5.37. The zero-order chi connectivity index (χ0) is 26.1. The molecule has 11 heteroatoms. The molecule has 2 N–H and O–H groups in total. The summed E-state index contributed by atoms with van der Waals surface area (Å²) in [5.74, 6) is 0.408. The molecule has 3 saturated carbocycles. The van der Waals surface area contributed by atoms with Crippen molar-refractivity contribution < 1.29 is 14.4 Å². The van der Waals surface area contributed by atoms with Crippen LogP contribution in [0.5, 0.6) is 0 Å². The van der Waals surface area contributed by atoms with E-state index in [1.807, 2.05) is 41.2 Å². The van der Waals surface area contributed by atoms with Crippen molar-refractivity contribution in [1.82, 2.24) is 30.3 Å². The first-order chi connectivity index (χ1) is 18.5. The van der Waals surface area contributed by atoms with Gasteiger partial charge in [0.25, 0.3) is 11.8 Å². The zero-order valence-corrected chi connectivity index (χ0v) is 21.9. The van der Waals surface area contributed by atoms with Gasteiger partial charge in [0.05, 0.1) is 0 Å². The van der Waals surface area contributed by atoms with Gasteiger partial charge in [0.1, 0.15) is 17.2 Å². The lowest BCUT2D eigenvalue weighted by atomic mass is 10.2. The predicted octanol–water partition coefficient (Wildman–Crippen LogP) is 3.16. The largest absolute Gasteiger partial charge is 0.345 e. The summed E-state index contributed by atoms with van der Waals surface area (Å²) in [6.07, 6.45) is 10.5. The monoisotopic (exact) mass is 533 g/mol. The lowest BCUT2D eigenvalue weighted by Crippen LogP contribution is -2.44. The van der Waals surface area contributed by atoms with Gasteiger partial charge in [-0.1, -0.05) is 6.07 Å². The number of anilines is 1. The van der Waals surface area contributed by atoms with Crippen LogP contribution >= 0.6 is 11.3 Å². The highest BCUT2D eigenvalue weighted by atomic mass is 32.1. The SMILES string of the molecule is O=C(CCN(C(=O)c1cccc(-n2cccc2)n1)C1CC1)NNC(=O)c1csc(N(CC2CC2)C2CC2)n1. The Kier molecular flexibility index (Phi) is 6.84. The lowest BCUT2D eigenvalue weighted by Gasteiger charge is -2.22. The molecule has 3 aliphatic carbocycles. The van der Waals surface area contributed by atoms with Gasteiger partial charge in [0.15, 0.2) is 5.13 Å². The average Bonchev–Trinajstić information content (AvgIpc) is 3.88. The number of aromatic nitrogens is 3. The number of carbonyl (C=O) groups excluding carboxylic acids is 3. The fourth-order valence-electron chi connectivity index (χ4n) is 4.48. The van der Waals surface area contributed by atoms with Crippen molar-refractivity contribution >= 4 is 34.2 Å². The number of carbonyl (C=O) groups is 3. The number of nitrogens with zero attached hydrogens (tertiary/aromatic N) is 5. The molecule has 0 unspecified atom stereocenters. The molecular formula is C27H31N7O3S. The van der Waals surface area contributed by atoms with E-state index in [0.29, 0.717) is 23.2 Å². The van der Waals surface area contributed by atoms with Gasteiger partial charge in [-0.15, -0.1) is 11.3 Å². The summed E-state index contributed by atoms with van der Waals surface area (Å²) < 4.78 is 1.84. The minimum atomic E-state index is -0.441. The lowest BCUT2D eigenvalue weighted by molar-refractivity contribution is -0.122. The normalized spacial score (nSPS) is 16.6. The number of pyridine rings is 1. The van der Waals surface area contributed by atoms with Crippen LogP contribution in [0.25, 0.3) is 5.82 Å². The van der Waals surface area contributed by atoms with Gasteiger partial charge in [-0.3, -0.25) is 25.2 Å². The molecule has 0 bridgehead atoms. The molecule has 0 saturated heterocycles. The van der Waals surface area contributed by atoms with E-state index in [-0.39, 0.29) is 30.8 Å². The van der Waals surface area contributed by atoms with Crippen LogP contribution in [0.15, 0.2) is 48.1 Å². The van der Waals surface area contributed by atoms with Crippen molar-refractivity contribution in [1.29, 1.82) is 0 Å². The Bertz CT molecular complexity index is 1310. The molecule has 38 heavy (non-hydrogen) atoms. The molecule has 3 aliphatic rings. The summed E-state index contributed by atoms with van der Waals surface area (Å²) in [6.45, 7) is 1.26. The van der Waals surface area contributed by atoms with E-state index in [1.54, 1.807) is 16.3 Å². The molecule has 3 amide bonds. The summed E-state index contributed by atoms with van der Waals surface area (Å²) in [5, 5.41) is 2.62. The molecule has 0 spiro atoms. The third kappa shape index (κ3) is 5.88. The predicted molar refractivity (Wildman–Crippen MR) is 143 cm³/mol. The molecule has 3 fully saturated rings. The van der Waals surface area contributed by atoms with Crippen LogP contribution in [0, 0.1) is 5.92 Å². The van der Waals surface area contributed by atoms with Crippen molar-refractivity contribution in [2.24, 2.45) is 5.92 Å². The van der Waals surface area contributed by atoms with Gasteiger partial charge in [0, 0.05) is 49.4 Å². The molecular weight excluding hydrogens is 502 g/mol. The smallest absolute Gasteiger partial charge is 0.289 e. The second-order valence-electron chi connectivity index (χ2n) is 10.3. The Balaban J connectivity index is 1.01. The Morgan fingerprint density at radius 2 is 1.68 bits per heavy atom. The molecule has 3 aromatic rings. The van der Waals surface area contributed by atoms with Crippen LogP contribution < -0.4 is 15.8 Å². The number of hydrazine groups is 1. The highest BCUT2D eigenvalue weighted by Crippen LogP contribution is 2.38. The Labute approximate surface area is 225 Å². The third-order valence-corrected chi connectivity index (χ3v) is 7.95. The number of hydrogen-bond acceptors (Lipinski definition) is 7. The minimum absolute atomic E-state index is 0.0684. The molecule has 0 atom stereocenters. The number of amides is 3. The number of hydrogen-bond donors (Lipinski definition) is 2. The maximum Gasteiger partial charge on any atom is 0.289 e. The average molecular weight is 534 g/mol. The Hall–Kier alpha value is -3.73. The van der Waals surface area contributed by atoms with Gasteiger partial charge in [-0.05, 0) is 68.7 Å². The summed E-state index contributed by atoms with van der Waals surface area (Å²) in [4.78, 5) is 51.5. The van der Waals surface area contributed by atoms with E-state index in [9.17, 15) is 14.4 Å². The standard InChI is InChI=1S/C27H31N7O3S/c35-24(30-31-25(36)22-17-38-27(29-22)34(20-10-11-20)16-18-6-7-18)12-15-33(19-8-9-19)26(37)21-4-3-5-23(28-21)32-13-1-2-14-32/h1-5,13-14,17-20H,6-12,15-16H2,(H,30,35)(H,31,36). The number of nitrogens with one attached hydrogen (secondary N) is 2. The van der Waals surface area contributed by atoms with E-state index < -0.39 is 5.91 Å². The summed E-state index contributed by atoms with van der Waals surface area (Å²) >= 11 is 1.47. The van der Waals surface area contributed by atoms with Crippen LogP contribution in [0.1, 0.15) is 65.9 Å². The van der Waals surface area contributed by atoms with E-state index in [1.165, 1.54) is 37.0 Å². The summed E-state index contributed by atoms with van der Waals surface area (Å²) in [5.41, 5.74) is 5.59. The van der Waals surface area contributed by atoms with E-state index in [2.05, 4.69) is 25.7 Å². The maximum absolute atomic E-state index is 13.2. The van der Waals surface area contributed by atoms with Gasteiger partial charge < -0.3 is 14.4 Å². The quantitative estimate of drug-likeness (QED) is 0.366. The topological polar surface area (TPSA) is 112 Å². The van der Waals surface area contributed by atoms with Crippen LogP contribution in [0.4, 0.5) is 5.13 Å². The van der Waals surface area contributed by atoms with Gasteiger partial charge in [-0.25, -0.2) is 9.97 Å².